The van der Waals surface area contributed by atoms with Crippen LogP contribution in [0.25, 0.3) is 64.3 Å². The van der Waals surface area contributed by atoms with Gasteiger partial charge in [0.2, 0.25) is 0 Å². The second kappa shape index (κ2) is 14.3. The molecule has 0 fully saturated rings. The first-order valence-electron chi connectivity index (χ1n) is 21.0. The molecule has 0 saturated carbocycles. The standard InChI is InChI=1S/C59H39NS/c1-3-21-43(22-4-1)59(44-23-5-2-6-24-44)52-31-12-9-29-50(52)58-53(59)32-17-34-55(58)60(54-33-13-10-27-48(54)47-30-16-19-40-18-7-8-26-46(40)47)45-25-15-20-41(38-45)42-36-37-57-51(39-42)49-28-11-14-35-56(49)61-57/h1-39H. The topological polar surface area (TPSA) is 3.24 Å². The van der Waals surface area contributed by atoms with E-state index in [2.05, 4.69) is 241 Å². The largest absolute Gasteiger partial charge is 0.309 e. The minimum absolute atomic E-state index is 0.522. The van der Waals surface area contributed by atoms with Gasteiger partial charge in [-0.3, -0.25) is 0 Å². The molecule has 0 radical (unpaired) electrons. The zero-order chi connectivity index (χ0) is 40.3. The Morgan fingerprint density at radius 1 is 0.344 bits per heavy atom. The monoisotopic (exact) mass is 793 g/mol. The normalized spacial score (nSPS) is 12.7. The van der Waals surface area contributed by atoms with Gasteiger partial charge in [0.25, 0.3) is 0 Å². The third kappa shape index (κ3) is 5.53. The molecule has 1 heterocycles. The predicted molar refractivity (Wildman–Crippen MR) is 260 cm³/mol. The Balaban J connectivity index is 1.15. The molecule has 0 unspecified atom stereocenters. The lowest BCUT2D eigenvalue weighted by molar-refractivity contribution is 0.768. The molecule has 0 saturated heterocycles. The van der Waals surface area contributed by atoms with Gasteiger partial charge < -0.3 is 4.90 Å². The number of nitrogens with zero attached hydrogens (tertiary/aromatic N) is 1. The Kier molecular flexibility index (Phi) is 8.33. The molecule has 1 aliphatic rings. The molecule has 12 rings (SSSR count). The van der Waals surface area contributed by atoms with Crippen LogP contribution >= 0.6 is 11.3 Å². The molecule has 1 aliphatic carbocycles. The number of benzene rings is 10. The maximum absolute atomic E-state index is 2.53. The molecule has 61 heavy (non-hydrogen) atoms. The first-order chi connectivity index (χ1) is 30.3. The summed E-state index contributed by atoms with van der Waals surface area (Å²) in [6.45, 7) is 0. The van der Waals surface area contributed by atoms with E-state index in [1.807, 2.05) is 11.3 Å². The lowest BCUT2D eigenvalue weighted by Gasteiger charge is -2.34. The number of thiophene rings is 1. The number of para-hydroxylation sites is 1. The predicted octanol–water partition coefficient (Wildman–Crippen LogP) is 16.4. The van der Waals surface area contributed by atoms with Crippen LogP contribution in [0.2, 0.25) is 0 Å². The van der Waals surface area contributed by atoms with Crippen molar-refractivity contribution in [1.29, 1.82) is 0 Å². The lowest BCUT2D eigenvalue weighted by atomic mass is 9.68. The zero-order valence-corrected chi connectivity index (χ0v) is 34.2. The summed E-state index contributed by atoms with van der Waals surface area (Å²) in [5.41, 5.74) is 15.2. The van der Waals surface area contributed by atoms with Gasteiger partial charge in [0.05, 0.1) is 16.8 Å². The van der Waals surface area contributed by atoms with Gasteiger partial charge in [-0.15, -0.1) is 11.3 Å². The van der Waals surface area contributed by atoms with Crippen molar-refractivity contribution in [3.8, 4) is 33.4 Å². The van der Waals surface area contributed by atoms with Gasteiger partial charge in [-0.05, 0) is 97.7 Å². The van der Waals surface area contributed by atoms with E-state index < -0.39 is 5.41 Å². The minimum atomic E-state index is -0.522. The molecule has 1 nitrogen and oxygen atoms in total. The average Bonchev–Trinajstić information content (AvgIpc) is 3.86. The van der Waals surface area contributed by atoms with Crippen molar-refractivity contribution in [2.24, 2.45) is 0 Å². The van der Waals surface area contributed by atoms with Gasteiger partial charge in [0.1, 0.15) is 0 Å². The van der Waals surface area contributed by atoms with Gasteiger partial charge in [-0.2, -0.15) is 0 Å². The maximum Gasteiger partial charge on any atom is 0.0714 e. The van der Waals surface area contributed by atoms with E-state index in [4.69, 9.17) is 0 Å². The summed E-state index contributed by atoms with van der Waals surface area (Å²) in [6.07, 6.45) is 0. The van der Waals surface area contributed by atoms with Crippen molar-refractivity contribution in [1.82, 2.24) is 0 Å². The molecule has 1 aromatic heterocycles. The second-order valence-electron chi connectivity index (χ2n) is 16.0. The molecule has 286 valence electrons. The Bertz CT molecular complexity index is 3390. The van der Waals surface area contributed by atoms with Crippen LogP contribution in [-0.4, -0.2) is 0 Å². The molecule has 11 aromatic rings. The summed E-state index contributed by atoms with van der Waals surface area (Å²) in [6, 6.07) is 87.5. The second-order valence-corrected chi connectivity index (χ2v) is 17.0. The molecule has 0 N–H and O–H groups in total. The quantitative estimate of drug-likeness (QED) is 0.155. The molecular weight excluding hydrogens is 755 g/mol. The summed E-state index contributed by atoms with van der Waals surface area (Å²) in [4.78, 5) is 2.53. The number of hydrogen-bond acceptors (Lipinski definition) is 2. The summed E-state index contributed by atoms with van der Waals surface area (Å²) in [5, 5.41) is 5.07. The highest BCUT2D eigenvalue weighted by atomic mass is 32.1. The fraction of sp³-hybridized carbons (Fsp3) is 0.0169. The van der Waals surface area contributed by atoms with Crippen molar-refractivity contribution in [2.75, 3.05) is 4.90 Å². The SMILES string of the molecule is c1ccc(C2(c3ccccc3)c3ccccc3-c3c(N(c4cccc(-c5ccc6sc7ccccc7c6c5)c4)c4ccccc4-c4cccc5ccccc45)cccc32)cc1. The van der Waals surface area contributed by atoms with Gasteiger partial charge in [0, 0.05) is 37.0 Å². The first kappa shape index (κ1) is 35.4. The van der Waals surface area contributed by atoms with Crippen LogP contribution in [0.5, 0.6) is 0 Å². The number of anilines is 3. The van der Waals surface area contributed by atoms with Crippen LogP contribution in [0, 0.1) is 0 Å². The number of fused-ring (bicyclic) bond motifs is 7. The van der Waals surface area contributed by atoms with Crippen molar-refractivity contribution in [3.63, 3.8) is 0 Å². The Labute approximate surface area is 360 Å². The van der Waals surface area contributed by atoms with Crippen molar-refractivity contribution >= 4 is 59.3 Å². The lowest BCUT2D eigenvalue weighted by Crippen LogP contribution is -2.28. The first-order valence-corrected chi connectivity index (χ1v) is 21.8. The van der Waals surface area contributed by atoms with Crippen LogP contribution < -0.4 is 4.90 Å². The Morgan fingerprint density at radius 3 is 1.75 bits per heavy atom. The van der Waals surface area contributed by atoms with Crippen molar-refractivity contribution in [2.45, 2.75) is 5.41 Å². The van der Waals surface area contributed by atoms with E-state index >= 15 is 0 Å². The van der Waals surface area contributed by atoms with Gasteiger partial charge >= 0.3 is 0 Å². The van der Waals surface area contributed by atoms with Crippen LogP contribution in [-0.2, 0) is 5.41 Å². The van der Waals surface area contributed by atoms with Crippen molar-refractivity contribution in [3.05, 3.63) is 259 Å². The fourth-order valence-electron chi connectivity index (χ4n) is 10.2. The molecule has 0 amide bonds. The fourth-order valence-corrected chi connectivity index (χ4v) is 11.2. The smallest absolute Gasteiger partial charge is 0.0714 e. The van der Waals surface area contributed by atoms with Crippen molar-refractivity contribution < 1.29 is 0 Å². The zero-order valence-electron chi connectivity index (χ0n) is 33.4. The number of rotatable bonds is 7. The minimum Gasteiger partial charge on any atom is -0.309 e. The van der Waals surface area contributed by atoms with E-state index in [9.17, 15) is 0 Å². The number of hydrogen-bond donors (Lipinski definition) is 0. The van der Waals surface area contributed by atoms with Gasteiger partial charge in [-0.25, -0.2) is 0 Å². The summed E-state index contributed by atoms with van der Waals surface area (Å²) < 4.78 is 2.63. The molecule has 0 atom stereocenters. The van der Waals surface area contributed by atoms with Crippen LogP contribution in [0.3, 0.4) is 0 Å². The van der Waals surface area contributed by atoms with E-state index in [0.717, 1.165) is 17.1 Å². The molecule has 0 aliphatic heterocycles. The third-order valence-corrected chi connectivity index (χ3v) is 13.9. The highest BCUT2D eigenvalue weighted by molar-refractivity contribution is 7.25. The highest BCUT2D eigenvalue weighted by Gasteiger charge is 2.47. The molecule has 0 bridgehead atoms. The van der Waals surface area contributed by atoms with E-state index in [-0.39, 0.29) is 0 Å². The summed E-state index contributed by atoms with van der Waals surface area (Å²) in [5.74, 6) is 0. The summed E-state index contributed by atoms with van der Waals surface area (Å²) >= 11 is 1.86. The van der Waals surface area contributed by atoms with E-state index in [0.29, 0.717) is 0 Å². The van der Waals surface area contributed by atoms with Crippen LogP contribution in [0.15, 0.2) is 237 Å². The average molecular weight is 794 g/mol. The Morgan fingerprint density at radius 2 is 0.918 bits per heavy atom. The summed E-state index contributed by atoms with van der Waals surface area (Å²) in [7, 11) is 0. The van der Waals surface area contributed by atoms with Gasteiger partial charge in [-0.1, -0.05) is 194 Å². The van der Waals surface area contributed by atoms with E-state index in [1.54, 1.807) is 0 Å². The molecule has 10 aromatic carbocycles. The van der Waals surface area contributed by atoms with Crippen LogP contribution in [0.1, 0.15) is 22.3 Å². The van der Waals surface area contributed by atoms with Crippen LogP contribution in [0.4, 0.5) is 17.1 Å². The van der Waals surface area contributed by atoms with Gasteiger partial charge in [0.15, 0.2) is 0 Å². The van der Waals surface area contributed by atoms with E-state index in [1.165, 1.54) is 86.6 Å². The molecular formula is C59H39NS. The molecule has 0 spiro atoms. The third-order valence-electron chi connectivity index (χ3n) is 12.7. The Hall–Kier alpha value is -7.52. The molecule has 2 heteroatoms. The maximum atomic E-state index is 2.53. The highest BCUT2D eigenvalue weighted by Crippen LogP contribution is 2.60.